The lowest BCUT2D eigenvalue weighted by molar-refractivity contribution is 0.123. The summed E-state index contributed by atoms with van der Waals surface area (Å²) in [6, 6.07) is 23.9. The zero-order valence-corrected chi connectivity index (χ0v) is 20.8. The van der Waals surface area contributed by atoms with Crippen LogP contribution in [0.3, 0.4) is 0 Å². The number of benzene rings is 3. The van der Waals surface area contributed by atoms with Crippen LogP contribution in [0.25, 0.3) is 10.9 Å². The molecule has 5 nitrogen and oxygen atoms in total. The molecule has 0 spiro atoms. The molecule has 1 aliphatic heterocycles. The van der Waals surface area contributed by atoms with Crippen molar-refractivity contribution >= 4 is 62.7 Å². The van der Waals surface area contributed by atoms with Crippen LogP contribution < -0.4 is 15.5 Å². The van der Waals surface area contributed by atoms with Crippen molar-refractivity contribution in [3.05, 3.63) is 82.8 Å². The molecule has 34 heavy (non-hydrogen) atoms. The molecule has 1 aromatic heterocycles. The predicted octanol–water partition coefficient (Wildman–Crippen LogP) is 7.89. The Balaban J connectivity index is 0.00000133. The van der Waals surface area contributed by atoms with Gasteiger partial charge in [-0.3, -0.25) is 0 Å². The van der Waals surface area contributed by atoms with E-state index in [2.05, 4.69) is 33.7 Å². The van der Waals surface area contributed by atoms with E-state index < -0.39 is 0 Å². The SMILES string of the molecule is CC.Clc1ccc(Nc2cc(Nc3ccccc3N3CCOCC3)nc3ccccc23)cc1Cl. The van der Waals surface area contributed by atoms with Gasteiger partial charge in [0.2, 0.25) is 0 Å². The van der Waals surface area contributed by atoms with E-state index in [-0.39, 0.29) is 0 Å². The second-order valence-corrected chi connectivity index (χ2v) is 8.38. The Morgan fingerprint density at radius 1 is 0.794 bits per heavy atom. The molecule has 7 heteroatoms. The van der Waals surface area contributed by atoms with Gasteiger partial charge in [-0.05, 0) is 36.4 Å². The fourth-order valence-electron chi connectivity index (χ4n) is 3.87. The monoisotopic (exact) mass is 494 g/mol. The van der Waals surface area contributed by atoms with Crippen LogP contribution in [0, 0.1) is 0 Å². The number of fused-ring (bicyclic) bond motifs is 1. The van der Waals surface area contributed by atoms with Crippen molar-refractivity contribution in [3.63, 3.8) is 0 Å². The van der Waals surface area contributed by atoms with Crippen LogP contribution >= 0.6 is 23.2 Å². The fraction of sp³-hybridized carbons (Fsp3) is 0.222. The number of nitrogens with zero attached hydrogens (tertiary/aromatic N) is 2. The van der Waals surface area contributed by atoms with Crippen LogP contribution in [0.2, 0.25) is 10.0 Å². The summed E-state index contributed by atoms with van der Waals surface area (Å²) < 4.78 is 5.52. The molecule has 2 heterocycles. The topological polar surface area (TPSA) is 49.4 Å². The molecule has 0 atom stereocenters. The first-order chi connectivity index (χ1) is 16.7. The van der Waals surface area contributed by atoms with Crippen LogP contribution in [0.4, 0.5) is 28.6 Å². The van der Waals surface area contributed by atoms with Gasteiger partial charge in [0.05, 0.1) is 45.8 Å². The standard InChI is InChI=1S/C25H22Cl2N4O.C2H6/c26-19-10-9-17(15-20(19)27)28-23-16-25(29-21-6-2-1-5-18(21)23)30-22-7-3-4-8-24(22)31-11-13-32-14-12-31;1-2/h1-10,15-16H,11-14H2,(H2,28,29,30);1-2H3. The number of morpholine rings is 1. The van der Waals surface area contributed by atoms with Crippen LogP contribution in [-0.4, -0.2) is 31.3 Å². The zero-order valence-electron chi connectivity index (χ0n) is 19.3. The number of rotatable bonds is 5. The summed E-state index contributed by atoms with van der Waals surface area (Å²) in [5.74, 6) is 0.756. The molecule has 2 N–H and O–H groups in total. The van der Waals surface area contributed by atoms with Crippen molar-refractivity contribution in [2.75, 3.05) is 41.8 Å². The van der Waals surface area contributed by atoms with E-state index in [0.29, 0.717) is 10.0 Å². The molecule has 0 unspecified atom stereocenters. The minimum atomic E-state index is 0.507. The lowest BCUT2D eigenvalue weighted by Gasteiger charge is -2.30. The minimum absolute atomic E-state index is 0.507. The normalized spacial score (nSPS) is 13.2. The first-order valence-electron chi connectivity index (χ1n) is 11.5. The number of nitrogens with one attached hydrogen (secondary N) is 2. The molecule has 0 radical (unpaired) electrons. The van der Waals surface area contributed by atoms with Gasteiger partial charge in [0, 0.05) is 30.2 Å². The van der Waals surface area contributed by atoms with E-state index >= 15 is 0 Å². The average Bonchev–Trinajstić information content (AvgIpc) is 2.88. The third-order valence-electron chi connectivity index (χ3n) is 5.43. The minimum Gasteiger partial charge on any atom is -0.378 e. The van der Waals surface area contributed by atoms with E-state index in [0.717, 1.165) is 65.8 Å². The number of para-hydroxylation sites is 3. The highest BCUT2D eigenvalue weighted by Gasteiger charge is 2.15. The first-order valence-corrected chi connectivity index (χ1v) is 12.2. The third-order valence-corrected chi connectivity index (χ3v) is 6.17. The van der Waals surface area contributed by atoms with Crippen molar-refractivity contribution in [1.82, 2.24) is 4.98 Å². The van der Waals surface area contributed by atoms with Gasteiger partial charge in [0.25, 0.3) is 0 Å². The van der Waals surface area contributed by atoms with Crippen molar-refractivity contribution < 1.29 is 4.74 Å². The lowest BCUT2D eigenvalue weighted by Crippen LogP contribution is -2.36. The molecule has 5 rings (SSSR count). The second kappa shape index (κ2) is 11.4. The van der Waals surface area contributed by atoms with Gasteiger partial charge >= 0.3 is 0 Å². The summed E-state index contributed by atoms with van der Waals surface area (Å²) in [6.07, 6.45) is 0. The predicted molar refractivity (Wildman–Crippen MR) is 146 cm³/mol. The van der Waals surface area contributed by atoms with Gasteiger partial charge in [-0.1, -0.05) is 67.4 Å². The molecule has 176 valence electrons. The third kappa shape index (κ3) is 5.55. The first kappa shape index (κ1) is 24.1. The maximum absolute atomic E-state index is 6.22. The maximum atomic E-state index is 6.22. The molecule has 0 saturated carbocycles. The van der Waals surface area contributed by atoms with Crippen molar-refractivity contribution in [2.24, 2.45) is 0 Å². The summed E-state index contributed by atoms with van der Waals surface area (Å²) in [5.41, 5.74) is 4.84. The molecule has 1 saturated heterocycles. The Hall–Kier alpha value is -2.99. The van der Waals surface area contributed by atoms with Crippen molar-refractivity contribution in [3.8, 4) is 0 Å². The van der Waals surface area contributed by atoms with E-state index in [1.165, 1.54) is 0 Å². The van der Waals surface area contributed by atoms with Crippen LogP contribution in [0.1, 0.15) is 13.8 Å². The van der Waals surface area contributed by atoms with Gasteiger partial charge < -0.3 is 20.3 Å². The van der Waals surface area contributed by atoms with Crippen molar-refractivity contribution in [1.29, 1.82) is 0 Å². The van der Waals surface area contributed by atoms with Crippen LogP contribution in [0.5, 0.6) is 0 Å². The molecular weight excluding hydrogens is 467 g/mol. The summed E-state index contributed by atoms with van der Waals surface area (Å²) in [5, 5.41) is 9.05. The number of ether oxygens (including phenoxy) is 1. The fourth-order valence-corrected chi connectivity index (χ4v) is 4.17. The number of hydrogen-bond donors (Lipinski definition) is 2. The average molecular weight is 495 g/mol. The van der Waals surface area contributed by atoms with E-state index in [4.69, 9.17) is 32.9 Å². The van der Waals surface area contributed by atoms with Gasteiger partial charge in [0.1, 0.15) is 5.82 Å². The Labute approximate surface area is 210 Å². The van der Waals surface area contributed by atoms with E-state index in [1.54, 1.807) is 6.07 Å². The number of anilines is 5. The summed E-state index contributed by atoms with van der Waals surface area (Å²) in [4.78, 5) is 7.18. The second-order valence-electron chi connectivity index (χ2n) is 7.57. The quantitative estimate of drug-likeness (QED) is 0.295. The van der Waals surface area contributed by atoms with Crippen LogP contribution in [-0.2, 0) is 4.74 Å². The molecule has 1 aliphatic rings. The number of pyridine rings is 1. The van der Waals surface area contributed by atoms with E-state index in [9.17, 15) is 0 Å². The number of halogens is 2. The highest BCUT2D eigenvalue weighted by Crippen LogP contribution is 2.34. The largest absolute Gasteiger partial charge is 0.378 e. The highest BCUT2D eigenvalue weighted by molar-refractivity contribution is 6.42. The smallest absolute Gasteiger partial charge is 0.133 e. The summed E-state index contributed by atoms with van der Waals surface area (Å²) in [6.45, 7) is 7.21. The Bertz CT molecular complexity index is 1260. The van der Waals surface area contributed by atoms with Gasteiger partial charge in [-0.2, -0.15) is 0 Å². The molecule has 4 aromatic rings. The summed E-state index contributed by atoms with van der Waals surface area (Å²) in [7, 11) is 0. The Kier molecular flexibility index (Phi) is 8.12. The highest BCUT2D eigenvalue weighted by atomic mass is 35.5. The Morgan fingerprint density at radius 2 is 1.53 bits per heavy atom. The summed E-state index contributed by atoms with van der Waals surface area (Å²) >= 11 is 12.3. The number of hydrogen-bond acceptors (Lipinski definition) is 5. The lowest BCUT2D eigenvalue weighted by atomic mass is 10.1. The van der Waals surface area contributed by atoms with Gasteiger partial charge in [-0.25, -0.2) is 4.98 Å². The van der Waals surface area contributed by atoms with E-state index in [1.807, 2.05) is 62.4 Å². The van der Waals surface area contributed by atoms with Gasteiger partial charge in [-0.15, -0.1) is 0 Å². The van der Waals surface area contributed by atoms with Crippen molar-refractivity contribution in [2.45, 2.75) is 13.8 Å². The van der Waals surface area contributed by atoms with Gasteiger partial charge in [0.15, 0.2) is 0 Å². The van der Waals surface area contributed by atoms with Crippen LogP contribution in [0.15, 0.2) is 72.8 Å². The molecule has 3 aromatic carbocycles. The maximum Gasteiger partial charge on any atom is 0.133 e. The Morgan fingerprint density at radius 3 is 2.32 bits per heavy atom. The molecule has 1 fully saturated rings. The molecule has 0 aliphatic carbocycles. The molecular formula is C27H28Cl2N4O. The molecule has 0 amide bonds. The molecule has 0 bridgehead atoms. The number of aromatic nitrogens is 1. The zero-order chi connectivity index (χ0) is 23.9.